The molecule has 0 aliphatic rings. The summed E-state index contributed by atoms with van der Waals surface area (Å²) in [4.78, 5) is 4.37. The first-order chi connectivity index (χ1) is 6.58. The molecule has 0 spiro atoms. The van der Waals surface area contributed by atoms with Crippen LogP contribution in [-0.2, 0) is 0 Å². The van der Waals surface area contributed by atoms with Crippen molar-refractivity contribution >= 4 is 55.2 Å². The number of hydrogen-bond acceptors (Lipinski definition) is 2. The second-order valence-corrected chi connectivity index (χ2v) is 5.23. The third-order valence-corrected chi connectivity index (χ3v) is 3.35. The van der Waals surface area contributed by atoms with Crippen molar-refractivity contribution in [3.05, 3.63) is 31.8 Å². The highest BCUT2D eigenvalue weighted by Gasteiger charge is 2.04. The standard InChI is InChI=1S/C10H8BrIN2/c1-5-2-6-3-7(11)4-8(12)9(6)14-10(5)13/h2-4H,1H3,(H2,13,14). The average molecular weight is 363 g/mol. The molecule has 1 aromatic heterocycles. The van der Waals surface area contributed by atoms with E-state index in [4.69, 9.17) is 5.73 Å². The van der Waals surface area contributed by atoms with Crippen LogP contribution in [0.25, 0.3) is 10.9 Å². The van der Waals surface area contributed by atoms with Crippen LogP contribution in [0, 0.1) is 10.5 Å². The Hall–Kier alpha value is -0.360. The fourth-order valence-electron chi connectivity index (χ4n) is 1.33. The van der Waals surface area contributed by atoms with Crippen LogP contribution in [0.15, 0.2) is 22.7 Å². The van der Waals surface area contributed by atoms with Crippen molar-refractivity contribution in [1.29, 1.82) is 0 Å². The number of anilines is 1. The lowest BCUT2D eigenvalue weighted by Crippen LogP contribution is -1.95. The Balaban J connectivity index is 2.89. The van der Waals surface area contributed by atoms with E-state index in [9.17, 15) is 0 Å². The quantitative estimate of drug-likeness (QED) is 0.728. The van der Waals surface area contributed by atoms with E-state index < -0.39 is 0 Å². The number of pyridine rings is 1. The van der Waals surface area contributed by atoms with Crippen LogP contribution < -0.4 is 5.73 Å². The maximum atomic E-state index is 5.77. The number of nitrogen functional groups attached to an aromatic ring is 1. The van der Waals surface area contributed by atoms with Gasteiger partial charge in [-0.05, 0) is 53.3 Å². The second kappa shape index (κ2) is 3.66. The minimum atomic E-state index is 0.609. The van der Waals surface area contributed by atoms with Crippen LogP contribution in [0.5, 0.6) is 0 Å². The lowest BCUT2D eigenvalue weighted by atomic mass is 10.1. The Morgan fingerprint density at radius 2 is 2.07 bits per heavy atom. The van der Waals surface area contributed by atoms with Crippen molar-refractivity contribution in [3.8, 4) is 0 Å². The zero-order valence-corrected chi connectivity index (χ0v) is 11.3. The maximum absolute atomic E-state index is 5.77. The van der Waals surface area contributed by atoms with Crippen LogP contribution in [0.2, 0.25) is 0 Å². The summed E-state index contributed by atoms with van der Waals surface area (Å²) in [7, 11) is 0. The van der Waals surface area contributed by atoms with E-state index in [0.717, 1.165) is 24.5 Å². The van der Waals surface area contributed by atoms with Crippen molar-refractivity contribution in [2.45, 2.75) is 6.92 Å². The smallest absolute Gasteiger partial charge is 0.127 e. The van der Waals surface area contributed by atoms with E-state index in [-0.39, 0.29) is 0 Å². The zero-order chi connectivity index (χ0) is 10.3. The summed E-state index contributed by atoms with van der Waals surface area (Å²) in [5.74, 6) is 0.609. The topological polar surface area (TPSA) is 38.9 Å². The molecule has 2 nitrogen and oxygen atoms in total. The summed E-state index contributed by atoms with van der Waals surface area (Å²) in [6, 6.07) is 6.15. The number of aryl methyl sites for hydroxylation is 1. The highest BCUT2D eigenvalue weighted by molar-refractivity contribution is 14.1. The first-order valence-electron chi connectivity index (χ1n) is 4.10. The van der Waals surface area contributed by atoms with Gasteiger partial charge >= 0.3 is 0 Å². The third-order valence-electron chi connectivity index (χ3n) is 2.07. The van der Waals surface area contributed by atoms with Gasteiger partial charge in [0.15, 0.2) is 0 Å². The molecule has 1 heterocycles. The van der Waals surface area contributed by atoms with Crippen molar-refractivity contribution in [2.75, 3.05) is 5.73 Å². The normalized spacial score (nSPS) is 10.8. The Morgan fingerprint density at radius 3 is 2.79 bits per heavy atom. The molecule has 0 saturated carbocycles. The van der Waals surface area contributed by atoms with Crippen molar-refractivity contribution in [2.24, 2.45) is 0 Å². The molecule has 72 valence electrons. The summed E-state index contributed by atoms with van der Waals surface area (Å²) < 4.78 is 2.18. The number of hydrogen-bond donors (Lipinski definition) is 1. The first kappa shape index (κ1) is 10.2. The Bertz CT molecular complexity index is 511. The summed E-state index contributed by atoms with van der Waals surface area (Å²) in [5, 5.41) is 1.12. The highest BCUT2D eigenvalue weighted by atomic mass is 127. The van der Waals surface area contributed by atoms with Gasteiger partial charge in [-0.1, -0.05) is 15.9 Å². The van der Waals surface area contributed by atoms with Gasteiger partial charge in [0.2, 0.25) is 0 Å². The van der Waals surface area contributed by atoms with E-state index in [1.165, 1.54) is 0 Å². The Labute approximate surface area is 104 Å². The fraction of sp³-hybridized carbons (Fsp3) is 0.100. The molecule has 2 N–H and O–H groups in total. The molecular weight excluding hydrogens is 355 g/mol. The molecule has 0 aliphatic heterocycles. The molecule has 0 amide bonds. The number of aromatic nitrogens is 1. The van der Waals surface area contributed by atoms with E-state index in [2.05, 4.69) is 55.6 Å². The molecule has 0 unspecified atom stereocenters. The predicted octanol–water partition coefficient (Wildman–Crippen LogP) is 3.49. The minimum Gasteiger partial charge on any atom is -0.383 e. The van der Waals surface area contributed by atoms with Gasteiger partial charge in [-0.25, -0.2) is 4.98 Å². The molecule has 2 aromatic rings. The van der Waals surface area contributed by atoms with Gasteiger partial charge in [0.1, 0.15) is 5.82 Å². The van der Waals surface area contributed by atoms with Gasteiger partial charge in [0, 0.05) is 13.4 Å². The number of halogens is 2. The summed E-state index contributed by atoms with van der Waals surface area (Å²) >= 11 is 5.73. The number of nitrogens with two attached hydrogens (primary N) is 1. The van der Waals surface area contributed by atoms with E-state index >= 15 is 0 Å². The number of nitrogens with zero attached hydrogens (tertiary/aromatic N) is 1. The van der Waals surface area contributed by atoms with Crippen molar-refractivity contribution in [3.63, 3.8) is 0 Å². The number of fused-ring (bicyclic) bond motifs is 1. The van der Waals surface area contributed by atoms with Crippen LogP contribution in [0.1, 0.15) is 5.56 Å². The molecule has 0 saturated heterocycles. The molecule has 14 heavy (non-hydrogen) atoms. The van der Waals surface area contributed by atoms with Crippen LogP contribution in [0.3, 0.4) is 0 Å². The van der Waals surface area contributed by atoms with E-state index in [0.29, 0.717) is 5.82 Å². The first-order valence-corrected chi connectivity index (χ1v) is 5.97. The van der Waals surface area contributed by atoms with Gasteiger partial charge in [0.05, 0.1) is 5.52 Å². The minimum absolute atomic E-state index is 0.609. The molecule has 1 aromatic carbocycles. The molecule has 0 fully saturated rings. The van der Waals surface area contributed by atoms with Crippen molar-refractivity contribution < 1.29 is 0 Å². The van der Waals surface area contributed by atoms with Gasteiger partial charge in [-0.15, -0.1) is 0 Å². The summed E-state index contributed by atoms with van der Waals surface area (Å²) in [6.07, 6.45) is 0. The van der Waals surface area contributed by atoms with Crippen LogP contribution in [-0.4, -0.2) is 4.98 Å². The largest absolute Gasteiger partial charge is 0.383 e. The van der Waals surface area contributed by atoms with E-state index in [1.807, 2.05) is 13.0 Å². The lowest BCUT2D eigenvalue weighted by molar-refractivity contribution is 1.33. The van der Waals surface area contributed by atoms with Gasteiger partial charge in [0.25, 0.3) is 0 Å². The maximum Gasteiger partial charge on any atom is 0.127 e. The number of benzene rings is 1. The average Bonchev–Trinajstić information content (AvgIpc) is 2.08. The Kier molecular flexibility index (Phi) is 2.66. The van der Waals surface area contributed by atoms with Gasteiger partial charge in [-0.3, -0.25) is 0 Å². The monoisotopic (exact) mass is 362 g/mol. The lowest BCUT2D eigenvalue weighted by Gasteiger charge is -2.05. The summed E-state index contributed by atoms with van der Waals surface area (Å²) in [6.45, 7) is 1.97. The van der Waals surface area contributed by atoms with E-state index in [1.54, 1.807) is 0 Å². The molecular formula is C10H8BrIN2. The third kappa shape index (κ3) is 1.72. The van der Waals surface area contributed by atoms with Crippen LogP contribution in [0.4, 0.5) is 5.82 Å². The predicted molar refractivity (Wildman–Crippen MR) is 71.3 cm³/mol. The van der Waals surface area contributed by atoms with Gasteiger partial charge in [-0.2, -0.15) is 0 Å². The second-order valence-electron chi connectivity index (χ2n) is 3.15. The molecule has 0 aliphatic carbocycles. The SMILES string of the molecule is Cc1cc2cc(Br)cc(I)c2nc1N. The molecule has 0 atom stereocenters. The fourth-order valence-corrected chi connectivity index (χ4v) is 3.00. The van der Waals surface area contributed by atoms with Crippen molar-refractivity contribution in [1.82, 2.24) is 4.98 Å². The molecule has 0 bridgehead atoms. The molecule has 0 radical (unpaired) electrons. The highest BCUT2D eigenvalue weighted by Crippen LogP contribution is 2.26. The zero-order valence-electron chi connectivity index (χ0n) is 7.51. The van der Waals surface area contributed by atoms with Gasteiger partial charge < -0.3 is 5.73 Å². The number of rotatable bonds is 0. The van der Waals surface area contributed by atoms with Crippen LogP contribution >= 0.6 is 38.5 Å². The Morgan fingerprint density at radius 1 is 1.36 bits per heavy atom. The molecule has 2 rings (SSSR count). The summed E-state index contributed by atoms with van der Waals surface area (Å²) in [5.41, 5.74) is 7.76. The molecule has 4 heteroatoms.